The SMILES string of the molecule is COCCC1(Cn2c(CCCl)nc3cc(Cl)cnc32)CC1. The van der Waals surface area contributed by atoms with Gasteiger partial charge in [-0.3, -0.25) is 0 Å². The summed E-state index contributed by atoms with van der Waals surface area (Å²) in [6.45, 7) is 1.74. The quantitative estimate of drug-likeness (QED) is 0.728. The molecule has 1 aliphatic carbocycles. The van der Waals surface area contributed by atoms with Crippen molar-refractivity contribution in [1.29, 1.82) is 0 Å². The van der Waals surface area contributed by atoms with E-state index < -0.39 is 0 Å². The van der Waals surface area contributed by atoms with Gasteiger partial charge in [-0.05, 0) is 30.7 Å². The Hall–Kier alpha value is -0.840. The highest BCUT2D eigenvalue weighted by Gasteiger charge is 2.43. The zero-order valence-electron chi connectivity index (χ0n) is 12.1. The largest absolute Gasteiger partial charge is 0.385 e. The predicted molar refractivity (Wildman–Crippen MR) is 85.1 cm³/mol. The highest BCUT2D eigenvalue weighted by Crippen LogP contribution is 2.50. The molecular formula is C15H19Cl2N3O. The third-order valence-corrected chi connectivity index (χ3v) is 4.63. The maximum Gasteiger partial charge on any atom is 0.160 e. The first-order valence-corrected chi connectivity index (χ1v) is 8.14. The van der Waals surface area contributed by atoms with Gasteiger partial charge < -0.3 is 9.30 Å². The van der Waals surface area contributed by atoms with Gasteiger partial charge >= 0.3 is 0 Å². The molecule has 0 aliphatic heterocycles. The van der Waals surface area contributed by atoms with E-state index >= 15 is 0 Å². The van der Waals surface area contributed by atoms with E-state index in [1.54, 1.807) is 13.3 Å². The van der Waals surface area contributed by atoms with E-state index in [0.29, 0.717) is 16.3 Å². The number of nitrogens with zero attached hydrogens (tertiary/aromatic N) is 3. The van der Waals surface area contributed by atoms with Crippen molar-refractivity contribution in [1.82, 2.24) is 14.5 Å². The molecule has 0 atom stereocenters. The lowest BCUT2D eigenvalue weighted by molar-refractivity contribution is 0.167. The van der Waals surface area contributed by atoms with Crippen molar-refractivity contribution in [3.8, 4) is 0 Å². The van der Waals surface area contributed by atoms with Gasteiger partial charge in [0.05, 0.1) is 5.02 Å². The van der Waals surface area contributed by atoms with E-state index in [1.807, 2.05) is 6.07 Å². The molecule has 114 valence electrons. The Morgan fingerprint density at radius 2 is 2.24 bits per heavy atom. The van der Waals surface area contributed by atoms with Crippen molar-refractivity contribution in [2.24, 2.45) is 5.41 Å². The average molecular weight is 328 g/mol. The van der Waals surface area contributed by atoms with Gasteiger partial charge in [0.25, 0.3) is 0 Å². The summed E-state index contributed by atoms with van der Waals surface area (Å²) in [7, 11) is 1.76. The van der Waals surface area contributed by atoms with Crippen LogP contribution in [0.5, 0.6) is 0 Å². The summed E-state index contributed by atoms with van der Waals surface area (Å²) < 4.78 is 7.46. The molecule has 2 aromatic heterocycles. The van der Waals surface area contributed by atoms with Gasteiger partial charge in [0.2, 0.25) is 0 Å². The van der Waals surface area contributed by atoms with Gasteiger partial charge in [0.1, 0.15) is 11.3 Å². The summed E-state index contributed by atoms with van der Waals surface area (Å²) in [4.78, 5) is 9.13. The van der Waals surface area contributed by atoms with Crippen molar-refractivity contribution in [2.75, 3.05) is 19.6 Å². The Labute approximate surface area is 134 Å². The van der Waals surface area contributed by atoms with E-state index in [0.717, 1.165) is 43.0 Å². The van der Waals surface area contributed by atoms with E-state index in [-0.39, 0.29) is 0 Å². The summed E-state index contributed by atoms with van der Waals surface area (Å²) >= 11 is 11.9. The van der Waals surface area contributed by atoms with Crippen LogP contribution in [0.1, 0.15) is 25.1 Å². The Morgan fingerprint density at radius 3 is 2.90 bits per heavy atom. The summed E-state index contributed by atoms with van der Waals surface area (Å²) in [6, 6.07) is 1.87. The summed E-state index contributed by atoms with van der Waals surface area (Å²) in [5.41, 5.74) is 2.10. The summed E-state index contributed by atoms with van der Waals surface area (Å²) in [5.74, 6) is 1.56. The maximum absolute atomic E-state index is 6.02. The van der Waals surface area contributed by atoms with E-state index in [9.17, 15) is 0 Å². The second-order valence-electron chi connectivity index (χ2n) is 5.79. The number of pyridine rings is 1. The minimum absolute atomic E-state index is 0.339. The molecule has 1 fully saturated rings. The number of alkyl halides is 1. The molecule has 0 radical (unpaired) electrons. The smallest absolute Gasteiger partial charge is 0.160 e. The van der Waals surface area contributed by atoms with Crippen LogP contribution in [0.25, 0.3) is 11.2 Å². The molecule has 1 aliphatic rings. The minimum atomic E-state index is 0.339. The average Bonchev–Trinajstić information content (AvgIpc) is 3.16. The molecule has 2 aromatic rings. The predicted octanol–water partition coefficient (Wildman–Crippen LogP) is 3.68. The fourth-order valence-corrected chi connectivity index (χ4v) is 3.11. The summed E-state index contributed by atoms with van der Waals surface area (Å²) in [5, 5.41) is 0.616. The zero-order chi connectivity index (χ0) is 14.9. The van der Waals surface area contributed by atoms with Crippen LogP contribution in [0.15, 0.2) is 12.3 Å². The Bertz CT molecular complexity index is 637. The van der Waals surface area contributed by atoms with Crippen molar-refractivity contribution in [2.45, 2.75) is 32.2 Å². The lowest BCUT2D eigenvalue weighted by Gasteiger charge is -2.17. The first-order valence-electron chi connectivity index (χ1n) is 7.23. The molecule has 0 saturated heterocycles. The number of aryl methyl sites for hydroxylation is 1. The molecule has 0 amide bonds. The van der Waals surface area contributed by atoms with Gasteiger partial charge in [-0.15, -0.1) is 11.6 Å². The van der Waals surface area contributed by atoms with Crippen LogP contribution in [0, 0.1) is 5.41 Å². The number of hydrogen-bond acceptors (Lipinski definition) is 3. The third-order valence-electron chi connectivity index (χ3n) is 4.24. The van der Waals surface area contributed by atoms with E-state index in [2.05, 4.69) is 14.5 Å². The number of ether oxygens (including phenoxy) is 1. The number of halogens is 2. The monoisotopic (exact) mass is 327 g/mol. The fraction of sp³-hybridized carbons (Fsp3) is 0.600. The molecule has 0 aromatic carbocycles. The number of aromatic nitrogens is 3. The second kappa shape index (κ2) is 6.11. The van der Waals surface area contributed by atoms with Crippen LogP contribution in [0.3, 0.4) is 0 Å². The number of methoxy groups -OCH3 is 1. The minimum Gasteiger partial charge on any atom is -0.385 e. The Kier molecular flexibility index (Phi) is 4.38. The number of imidazole rings is 1. The van der Waals surface area contributed by atoms with Crippen LogP contribution in [-0.4, -0.2) is 34.1 Å². The molecule has 0 spiro atoms. The van der Waals surface area contributed by atoms with Crippen molar-refractivity contribution in [3.05, 3.63) is 23.1 Å². The van der Waals surface area contributed by atoms with Crippen LogP contribution in [0.2, 0.25) is 5.02 Å². The van der Waals surface area contributed by atoms with Crippen LogP contribution in [-0.2, 0) is 17.7 Å². The third kappa shape index (κ3) is 3.17. The normalized spacial score (nSPS) is 16.5. The number of hydrogen-bond donors (Lipinski definition) is 0. The molecule has 4 nitrogen and oxygen atoms in total. The zero-order valence-corrected chi connectivity index (χ0v) is 13.6. The van der Waals surface area contributed by atoms with Crippen LogP contribution < -0.4 is 0 Å². The van der Waals surface area contributed by atoms with Crippen molar-refractivity contribution in [3.63, 3.8) is 0 Å². The highest BCUT2D eigenvalue weighted by molar-refractivity contribution is 6.31. The van der Waals surface area contributed by atoms with Gasteiger partial charge in [-0.2, -0.15) is 0 Å². The number of rotatable bonds is 7. The first-order chi connectivity index (χ1) is 10.2. The fourth-order valence-electron chi connectivity index (χ4n) is 2.79. The maximum atomic E-state index is 6.02. The highest BCUT2D eigenvalue weighted by atomic mass is 35.5. The molecule has 0 bridgehead atoms. The van der Waals surface area contributed by atoms with Crippen molar-refractivity contribution < 1.29 is 4.74 Å². The standard InChI is InChI=1S/C15H19Cl2N3O/c1-21-7-5-15(3-4-15)10-20-13(2-6-16)19-12-8-11(17)9-18-14(12)20/h8-9H,2-7,10H2,1H3. The molecule has 0 N–H and O–H groups in total. The molecule has 2 heterocycles. The Balaban J connectivity index is 1.94. The lowest BCUT2D eigenvalue weighted by Crippen LogP contribution is -2.16. The molecular weight excluding hydrogens is 309 g/mol. The molecule has 1 saturated carbocycles. The molecule has 3 rings (SSSR count). The van der Waals surface area contributed by atoms with E-state index in [4.69, 9.17) is 27.9 Å². The van der Waals surface area contributed by atoms with Gasteiger partial charge in [-0.1, -0.05) is 11.6 Å². The van der Waals surface area contributed by atoms with Gasteiger partial charge in [-0.25, -0.2) is 9.97 Å². The molecule has 21 heavy (non-hydrogen) atoms. The second-order valence-corrected chi connectivity index (χ2v) is 6.61. The lowest BCUT2D eigenvalue weighted by atomic mass is 10.0. The number of fused-ring (bicyclic) bond motifs is 1. The first kappa shape index (κ1) is 15.1. The molecule has 0 unspecified atom stereocenters. The topological polar surface area (TPSA) is 39.9 Å². The molecule has 6 heteroatoms. The van der Waals surface area contributed by atoms with Crippen molar-refractivity contribution >= 4 is 34.4 Å². The van der Waals surface area contributed by atoms with Gasteiger partial charge in [0.15, 0.2) is 5.65 Å². The van der Waals surface area contributed by atoms with E-state index in [1.165, 1.54) is 12.8 Å². The van der Waals surface area contributed by atoms with Crippen LogP contribution >= 0.6 is 23.2 Å². The van der Waals surface area contributed by atoms with Gasteiger partial charge in [0, 0.05) is 38.8 Å². The van der Waals surface area contributed by atoms with Crippen LogP contribution in [0.4, 0.5) is 0 Å². The summed E-state index contributed by atoms with van der Waals surface area (Å²) in [6.07, 6.45) is 5.99. The Morgan fingerprint density at radius 1 is 1.43 bits per heavy atom.